The van der Waals surface area contributed by atoms with Crippen molar-refractivity contribution in [2.75, 3.05) is 20.3 Å². The molecule has 0 amide bonds. The molecule has 0 aliphatic carbocycles. The highest BCUT2D eigenvalue weighted by Gasteiger charge is 2.32. The smallest absolute Gasteiger partial charge is 0.416 e. The third kappa shape index (κ3) is 9.86. The SMILES string of the molecule is COc1ccc(-c2cc(C(F)(F)F)ccc2OCC(=O)O)c(C)c1.Cc1ccc(-c2cc(C(F)(F)F)ccc2OCC(=O)O)c(F)c1. The number of alkyl halides is 6. The summed E-state index contributed by atoms with van der Waals surface area (Å²) in [5.41, 5.74) is -0.111. The van der Waals surface area contributed by atoms with E-state index in [-0.39, 0.29) is 28.2 Å². The van der Waals surface area contributed by atoms with Gasteiger partial charge in [0.1, 0.15) is 23.1 Å². The van der Waals surface area contributed by atoms with Gasteiger partial charge in [0.25, 0.3) is 0 Å². The second-order valence-corrected chi connectivity index (χ2v) is 9.95. The van der Waals surface area contributed by atoms with Crippen LogP contribution in [0.4, 0.5) is 30.7 Å². The summed E-state index contributed by atoms with van der Waals surface area (Å²) in [7, 11) is 1.49. The van der Waals surface area contributed by atoms with Crippen molar-refractivity contribution in [1.82, 2.24) is 0 Å². The lowest BCUT2D eigenvalue weighted by atomic mass is 9.97. The number of carboxylic acids is 2. The number of halogens is 7. The zero-order valence-corrected chi connectivity index (χ0v) is 24.9. The van der Waals surface area contributed by atoms with Crippen molar-refractivity contribution in [3.63, 3.8) is 0 Å². The molecule has 250 valence electrons. The highest BCUT2D eigenvalue weighted by Crippen LogP contribution is 2.40. The summed E-state index contributed by atoms with van der Waals surface area (Å²) in [6.07, 6.45) is -9.12. The fraction of sp³-hybridized carbons (Fsp3) is 0.212. The lowest BCUT2D eigenvalue weighted by molar-refractivity contribution is -0.140. The van der Waals surface area contributed by atoms with E-state index >= 15 is 0 Å². The normalized spacial score (nSPS) is 11.3. The molecule has 4 aromatic rings. The number of rotatable bonds is 9. The van der Waals surface area contributed by atoms with Gasteiger partial charge in [0, 0.05) is 16.7 Å². The van der Waals surface area contributed by atoms with Gasteiger partial charge in [-0.05, 0) is 85.1 Å². The molecule has 0 atom stereocenters. The van der Waals surface area contributed by atoms with Crippen LogP contribution in [0.1, 0.15) is 22.3 Å². The van der Waals surface area contributed by atoms with E-state index in [4.69, 9.17) is 24.4 Å². The van der Waals surface area contributed by atoms with Gasteiger partial charge in [-0.25, -0.2) is 14.0 Å². The Labute approximate surface area is 263 Å². The van der Waals surface area contributed by atoms with Gasteiger partial charge < -0.3 is 24.4 Å². The highest BCUT2D eigenvalue weighted by atomic mass is 19.4. The number of methoxy groups -OCH3 is 1. The van der Waals surface area contributed by atoms with E-state index in [1.165, 1.54) is 19.2 Å². The summed E-state index contributed by atoms with van der Waals surface area (Å²) in [6.45, 7) is 1.97. The predicted molar refractivity (Wildman–Crippen MR) is 156 cm³/mol. The molecule has 0 heterocycles. The minimum Gasteiger partial charge on any atom is -0.497 e. The molecule has 0 saturated heterocycles. The standard InChI is InChI=1S/C17H15F3O4.C16H12F4O3/c1-10-7-12(23-2)4-5-13(10)14-8-11(17(18,19)20)3-6-15(14)24-9-16(21)22;1-9-2-4-11(13(17)6-9)12-7-10(16(18,19)20)3-5-14(12)23-8-15(21)22/h3-8H,9H2,1-2H3,(H,21,22);2-7H,8H2,1H3,(H,21,22). The van der Waals surface area contributed by atoms with Gasteiger partial charge in [-0.1, -0.05) is 18.2 Å². The second kappa shape index (κ2) is 14.9. The Morgan fingerprint density at radius 1 is 0.638 bits per heavy atom. The van der Waals surface area contributed by atoms with Gasteiger partial charge in [0.2, 0.25) is 0 Å². The van der Waals surface area contributed by atoms with Crippen LogP contribution in [0.15, 0.2) is 72.8 Å². The maximum Gasteiger partial charge on any atom is 0.416 e. The minimum atomic E-state index is -4.61. The lowest BCUT2D eigenvalue weighted by Crippen LogP contribution is -2.11. The summed E-state index contributed by atoms with van der Waals surface area (Å²) in [5.74, 6) is -2.73. The maximum absolute atomic E-state index is 14.1. The number of carbonyl (C=O) groups is 2. The predicted octanol–water partition coefficient (Wildman–Crippen LogP) is 8.44. The van der Waals surface area contributed by atoms with Crippen LogP contribution >= 0.6 is 0 Å². The van der Waals surface area contributed by atoms with Crippen LogP contribution in [-0.4, -0.2) is 42.5 Å². The Balaban J connectivity index is 0.000000256. The van der Waals surface area contributed by atoms with E-state index in [0.29, 0.717) is 22.4 Å². The number of ether oxygens (including phenoxy) is 3. The number of hydrogen-bond acceptors (Lipinski definition) is 5. The average Bonchev–Trinajstić information content (AvgIpc) is 2.98. The molecular formula is C33H27F7O7. The van der Waals surface area contributed by atoms with Crippen molar-refractivity contribution in [3.8, 4) is 39.5 Å². The van der Waals surface area contributed by atoms with Crippen molar-refractivity contribution in [3.05, 3.63) is 101 Å². The molecule has 0 radical (unpaired) electrons. The number of aryl methyl sites for hydroxylation is 2. The Morgan fingerprint density at radius 2 is 1.11 bits per heavy atom. The van der Waals surface area contributed by atoms with E-state index in [1.807, 2.05) is 0 Å². The Kier molecular flexibility index (Phi) is 11.5. The molecule has 0 spiro atoms. The van der Waals surface area contributed by atoms with Crippen molar-refractivity contribution in [1.29, 1.82) is 0 Å². The maximum atomic E-state index is 14.1. The third-order valence-electron chi connectivity index (χ3n) is 6.45. The van der Waals surface area contributed by atoms with E-state index in [2.05, 4.69) is 0 Å². The van der Waals surface area contributed by atoms with Crippen LogP contribution in [0.5, 0.6) is 17.2 Å². The van der Waals surface area contributed by atoms with Gasteiger partial charge in [0.05, 0.1) is 18.2 Å². The monoisotopic (exact) mass is 668 g/mol. The highest BCUT2D eigenvalue weighted by molar-refractivity contribution is 5.76. The molecule has 0 bridgehead atoms. The summed E-state index contributed by atoms with van der Waals surface area (Å²) in [5, 5.41) is 17.4. The third-order valence-corrected chi connectivity index (χ3v) is 6.45. The van der Waals surface area contributed by atoms with Gasteiger partial charge in [-0.3, -0.25) is 0 Å². The molecule has 0 fully saturated rings. The second-order valence-electron chi connectivity index (χ2n) is 9.95. The zero-order valence-electron chi connectivity index (χ0n) is 24.9. The summed E-state index contributed by atoms with van der Waals surface area (Å²) >= 11 is 0. The molecule has 7 nitrogen and oxygen atoms in total. The van der Waals surface area contributed by atoms with Gasteiger partial charge >= 0.3 is 24.3 Å². The molecule has 0 aromatic heterocycles. The first kappa shape index (κ1) is 36.2. The Morgan fingerprint density at radius 3 is 1.51 bits per heavy atom. The van der Waals surface area contributed by atoms with Crippen LogP contribution in [0.25, 0.3) is 22.3 Å². The molecule has 0 aliphatic rings. The van der Waals surface area contributed by atoms with E-state index < -0.39 is 54.4 Å². The van der Waals surface area contributed by atoms with E-state index in [0.717, 1.165) is 36.4 Å². The van der Waals surface area contributed by atoms with Crippen LogP contribution in [0.2, 0.25) is 0 Å². The van der Waals surface area contributed by atoms with Gasteiger partial charge in [0.15, 0.2) is 13.2 Å². The van der Waals surface area contributed by atoms with Crippen molar-refractivity contribution >= 4 is 11.9 Å². The number of benzene rings is 4. The van der Waals surface area contributed by atoms with Crippen molar-refractivity contribution in [2.24, 2.45) is 0 Å². The van der Waals surface area contributed by atoms with Crippen molar-refractivity contribution in [2.45, 2.75) is 26.2 Å². The van der Waals surface area contributed by atoms with Crippen molar-refractivity contribution < 1.29 is 64.7 Å². The summed E-state index contributed by atoms with van der Waals surface area (Å²) < 4.78 is 107. The van der Waals surface area contributed by atoms with Gasteiger partial charge in [-0.2, -0.15) is 26.3 Å². The minimum absolute atomic E-state index is 0.0682. The fourth-order valence-electron chi connectivity index (χ4n) is 4.27. The summed E-state index contributed by atoms with van der Waals surface area (Å²) in [6, 6.07) is 14.4. The van der Waals surface area contributed by atoms with Crippen LogP contribution < -0.4 is 14.2 Å². The molecule has 47 heavy (non-hydrogen) atoms. The molecule has 2 N–H and O–H groups in total. The number of aliphatic carboxylic acids is 2. The Hall–Kier alpha value is -5.27. The lowest BCUT2D eigenvalue weighted by Gasteiger charge is -2.16. The van der Waals surface area contributed by atoms with Crippen LogP contribution in [-0.2, 0) is 21.9 Å². The molecule has 4 aromatic carbocycles. The molecular weight excluding hydrogens is 641 g/mol. The quantitative estimate of drug-likeness (QED) is 0.173. The Bertz CT molecular complexity index is 1750. The first-order valence-electron chi connectivity index (χ1n) is 13.4. The number of hydrogen-bond donors (Lipinski definition) is 2. The average molecular weight is 669 g/mol. The molecule has 0 unspecified atom stereocenters. The molecule has 0 aliphatic heterocycles. The van der Waals surface area contributed by atoms with Gasteiger partial charge in [-0.15, -0.1) is 0 Å². The molecule has 14 heteroatoms. The summed E-state index contributed by atoms with van der Waals surface area (Å²) in [4.78, 5) is 21.3. The zero-order chi connectivity index (χ0) is 35.1. The topological polar surface area (TPSA) is 102 Å². The fourth-order valence-corrected chi connectivity index (χ4v) is 4.27. The number of carboxylic acid groups (broad SMARTS) is 2. The molecule has 4 rings (SSSR count). The first-order valence-corrected chi connectivity index (χ1v) is 13.4. The first-order chi connectivity index (χ1) is 21.9. The largest absolute Gasteiger partial charge is 0.497 e. The van der Waals surface area contributed by atoms with Crippen LogP contribution in [0, 0.1) is 19.7 Å². The molecule has 0 saturated carbocycles. The van der Waals surface area contributed by atoms with E-state index in [9.17, 15) is 40.3 Å². The van der Waals surface area contributed by atoms with E-state index in [1.54, 1.807) is 38.1 Å². The van der Waals surface area contributed by atoms with Crippen LogP contribution in [0.3, 0.4) is 0 Å².